The molecule has 1 amide bonds. The number of halogens is 3. The molecule has 1 aromatic rings. The highest BCUT2D eigenvalue weighted by Crippen LogP contribution is 2.12. The molecule has 0 aliphatic carbocycles. The van der Waals surface area contributed by atoms with E-state index in [9.17, 15) is 18.0 Å². The van der Waals surface area contributed by atoms with Crippen LogP contribution in [0.4, 0.5) is 13.2 Å². The fourth-order valence-electron chi connectivity index (χ4n) is 1.49. The minimum Gasteiger partial charge on any atom is -0.467 e. The van der Waals surface area contributed by atoms with Gasteiger partial charge in [0.1, 0.15) is 5.76 Å². The molecule has 0 saturated heterocycles. The van der Waals surface area contributed by atoms with Crippen LogP contribution in [0, 0.1) is 11.3 Å². The fraction of sp³-hybridized carbons (Fsp3) is 0.500. The molecular formula is C12H14F3N3O2. The van der Waals surface area contributed by atoms with Crippen LogP contribution in [-0.2, 0) is 11.3 Å². The summed E-state index contributed by atoms with van der Waals surface area (Å²) in [5.41, 5.74) is 0. The Kier molecular flexibility index (Phi) is 6.06. The number of furan rings is 1. The van der Waals surface area contributed by atoms with E-state index < -0.39 is 25.2 Å². The Labute approximate surface area is 114 Å². The molecular weight excluding hydrogens is 275 g/mol. The van der Waals surface area contributed by atoms with Crippen molar-refractivity contribution in [3.05, 3.63) is 24.2 Å². The molecule has 1 heterocycles. The summed E-state index contributed by atoms with van der Waals surface area (Å²) in [6.07, 6.45) is -2.82. The summed E-state index contributed by atoms with van der Waals surface area (Å²) < 4.78 is 41.0. The number of alkyl halides is 3. The molecule has 0 saturated carbocycles. The maximum absolute atomic E-state index is 12.0. The average molecular weight is 289 g/mol. The summed E-state index contributed by atoms with van der Waals surface area (Å²) in [7, 11) is 0. The molecule has 20 heavy (non-hydrogen) atoms. The summed E-state index contributed by atoms with van der Waals surface area (Å²) in [6, 6.07) is 5.18. The zero-order valence-electron chi connectivity index (χ0n) is 10.6. The lowest BCUT2D eigenvalue weighted by molar-refractivity contribution is -0.134. The highest BCUT2D eigenvalue weighted by atomic mass is 19.4. The third-order valence-electron chi connectivity index (χ3n) is 2.37. The van der Waals surface area contributed by atoms with Crippen LogP contribution < -0.4 is 5.32 Å². The first-order chi connectivity index (χ1) is 9.42. The monoisotopic (exact) mass is 289 g/mol. The van der Waals surface area contributed by atoms with Gasteiger partial charge in [0.05, 0.1) is 38.4 Å². The molecule has 0 atom stereocenters. The van der Waals surface area contributed by atoms with E-state index in [0.29, 0.717) is 5.76 Å². The van der Waals surface area contributed by atoms with E-state index in [1.807, 2.05) is 11.4 Å². The second kappa shape index (κ2) is 7.55. The Morgan fingerprint density at radius 2 is 2.25 bits per heavy atom. The first-order valence-electron chi connectivity index (χ1n) is 5.87. The highest BCUT2D eigenvalue weighted by Gasteiger charge is 2.27. The molecule has 0 unspecified atom stereocenters. The van der Waals surface area contributed by atoms with Crippen molar-refractivity contribution in [3.63, 3.8) is 0 Å². The van der Waals surface area contributed by atoms with Gasteiger partial charge in [0, 0.05) is 6.54 Å². The van der Waals surface area contributed by atoms with Crippen molar-refractivity contribution in [2.24, 2.45) is 0 Å². The number of nitrogens with zero attached hydrogens (tertiary/aromatic N) is 2. The van der Waals surface area contributed by atoms with E-state index in [0.717, 1.165) is 0 Å². The minimum atomic E-state index is -4.36. The van der Waals surface area contributed by atoms with Crippen LogP contribution in [0.3, 0.4) is 0 Å². The molecule has 0 fully saturated rings. The SMILES string of the molecule is N#CCCN(Cc1ccco1)C(=O)CNCC(F)(F)F. The number of carbonyl (C=O) groups is 1. The smallest absolute Gasteiger partial charge is 0.401 e. The maximum Gasteiger partial charge on any atom is 0.401 e. The molecule has 5 nitrogen and oxygen atoms in total. The molecule has 0 spiro atoms. The van der Waals surface area contributed by atoms with Gasteiger partial charge in [0.2, 0.25) is 5.91 Å². The molecule has 1 N–H and O–H groups in total. The number of rotatable bonds is 7. The van der Waals surface area contributed by atoms with Crippen molar-refractivity contribution in [2.45, 2.75) is 19.1 Å². The van der Waals surface area contributed by atoms with Crippen molar-refractivity contribution in [2.75, 3.05) is 19.6 Å². The van der Waals surface area contributed by atoms with Crippen LogP contribution in [0.25, 0.3) is 0 Å². The Morgan fingerprint density at radius 3 is 2.80 bits per heavy atom. The van der Waals surface area contributed by atoms with Crippen molar-refractivity contribution < 1.29 is 22.4 Å². The van der Waals surface area contributed by atoms with E-state index in [2.05, 4.69) is 0 Å². The fourth-order valence-corrected chi connectivity index (χ4v) is 1.49. The molecule has 1 rings (SSSR count). The van der Waals surface area contributed by atoms with Crippen molar-refractivity contribution in [1.29, 1.82) is 5.26 Å². The molecule has 0 radical (unpaired) electrons. The van der Waals surface area contributed by atoms with Gasteiger partial charge < -0.3 is 14.6 Å². The molecule has 110 valence electrons. The third-order valence-corrected chi connectivity index (χ3v) is 2.37. The lowest BCUT2D eigenvalue weighted by Crippen LogP contribution is -2.41. The summed E-state index contributed by atoms with van der Waals surface area (Å²) in [6.45, 7) is -1.40. The Hall–Kier alpha value is -2.01. The predicted octanol–water partition coefficient (Wildman–Crippen LogP) is 1.67. The van der Waals surface area contributed by atoms with Gasteiger partial charge >= 0.3 is 6.18 Å². The largest absolute Gasteiger partial charge is 0.467 e. The van der Waals surface area contributed by atoms with E-state index >= 15 is 0 Å². The van der Waals surface area contributed by atoms with Gasteiger partial charge in [-0.1, -0.05) is 0 Å². The first kappa shape index (κ1) is 16.0. The Bertz CT molecular complexity index is 452. The minimum absolute atomic E-state index is 0.103. The van der Waals surface area contributed by atoms with Gasteiger partial charge in [-0.2, -0.15) is 18.4 Å². The lowest BCUT2D eigenvalue weighted by atomic mass is 10.3. The number of hydrogen-bond acceptors (Lipinski definition) is 4. The Morgan fingerprint density at radius 1 is 1.50 bits per heavy atom. The topological polar surface area (TPSA) is 69.3 Å². The van der Waals surface area contributed by atoms with Crippen molar-refractivity contribution in [3.8, 4) is 6.07 Å². The second-order valence-electron chi connectivity index (χ2n) is 4.02. The molecule has 0 bridgehead atoms. The van der Waals surface area contributed by atoms with Crippen LogP contribution in [0.1, 0.15) is 12.2 Å². The summed E-state index contributed by atoms with van der Waals surface area (Å²) in [5.74, 6) is -0.00647. The average Bonchev–Trinajstić information content (AvgIpc) is 2.85. The number of nitrogens with one attached hydrogen (secondary N) is 1. The van der Waals surface area contributed by atoms with Crippen LogP contribution in [0.5, 0.6) is 0 Å². The highest BCUT2D eigenvalue weighted by molar-refractivity contribution is 5.78. The van der Waals surface area contributed by atoms with E-state index in [1.54, 1.807) is 12.1 Å². The van der Waals surface area contributed by atoms with Gasteiger partial charge in [0.15, 0.2) is 0 Å². The quantitative estimate of drug-likeness (QED) is 0.829. The lowest BCUT2D eigenvalue weighted by Gasteiger charge is -2.21. The molecule has 0 aliphatic heterocycles. The van der Waals surface area contributed by atoms with Crippen LogP contribution in [-0.4, -0.2) is 36.6 Å². The normalized spacial score (nSPS) is 11.1. The zero-order chi connectivity index (χ0) is 15.0. The molecule has 8 heteroatoms. The van der Waals surface area contributed by atoms with Gasteiger partial charge in [-0.3, -0.25) is 4.79 Å². The predicted molar refractivity (Wildman–Crippen MR) is 63.3 cm³/mol. The van der Waals surface area contributed by atoms with Crippen LogP contribution in [0.2, 0.25) is 0 Å². The van der Waals surface area contributed by atoms with Gasteiger partial charge in [-0.05, 0) is 12.1 Å². The van der Waals surface area contributed by atoms with E-state index in [1.165, 1.54) is 11.2 Å². The van der Waals surface area contributed by atoms with Gasteiger partial charge in [-0.15, -0.1) is 0 Å². The van der Waals surface area contributed by atoms with Crippen molar-refractivity contribution >= 4 is 5.91 Å². The molecule has 0 aromatic carbocycles. The number of hydrogen-bond donors (Lipinski definition) is 1. The molecule has 1 aromatic heterocycles. The number of nitriles is 1. The number of carbonyl (C=O) groups excluding carboxylic acids is 1. The Balaban J connectivity index is 2.49. The van der Waals surface area contributed by atoms with Crippen LogP contribution >= 0.6 is 0 Å². The summed E-state index contributed by atoms with van der Waals surface area (Å²) in [4.78, 5) is 13.1. The second-order valence-corrected chi connectivity index (χ2v) is 4.02. The zero-order valence-corrected chi connectivity index (χ0v) is 10.6. The van der Waals surface area contributed by atoms with Crippen molar-refractivity contribution in [1.82, 2.24) is 10.2 Å². The standard InChI is InChI=1S/C12H14F3N3O2/c13-12(14,15)9-17-7-11(19)18(5-2-4-16)8-10-3-1-6-20-10/h1,3,6,17H,2,5,7-9H2. The van der Waals surface area contributed by atoms with Crippen LogP contribution in [0.15, 0.2) is 22.8 Å². The first-order valence-corrected chi connectivity index (χ1v) is 5.87. The summed E-state index contributed by atoms with van der Waals surface area (Å²) in [5, 5.41) is 10.6. The van der Waals surface area contributed by atoms with E-state index in [-0.39, 0.29) is 19.5 Å². The third kappa shape index (κ3) is 6.24. The number of amides is 1. The maximum atomic E-state index is 12.0. The molecule has 0 aliphatic rings. The van der Waals surface area contributed by atoms with E-state index in [4.69, 9.17) is 9.68 Å². The summed E-state index contributed by atoms with van der Waals surface area (Å²) >= 11 is 0. The van der Waals surface area contributed by atoms with Gasteiger partial charge in [-0.25, -0.2) is 0 Å². The van der Waals surface area contributed by atoms with Gasteiger partial charge in [0.25, 0.3) is 0 Å².